The van der Waals surface area contributed by atoms with Crippen LogP contribution in [0.3, 0.4) is 0 Å². The molecule has 3 rings (SSSR count). The number of unbranched alkanes of at least 4 members (excludes halogenated alkanes) is 9. The van der Waals surface area contributed by atoms with Crippen molar-refractivity contribution in [1.82, 2.24) is 0 Å². The lowest BCUT2D eigenvalue weighted by molar-refractivity contribution is 0.0694. The fraction of sp³-hybridized carbons (Fsp3) is 0.375. The van der Waals surface area contributed by atoms with Crippen LogP contribution in [0, 0.1) is 0 Å². The SMILES string of the molecule is CCCCCCCCCCCCOc1ccc(OC(=O)c2ccc(-c3c(O)cccc3C(=O)O)cc2)cc1. The number of rotatable bonds is 16. The van der Waals surface area contributed by atoms with Crippen LogP contribution in [0.25, 0.3) is 11.1 Å². The molecule has 0 radical (unpaired) electrons. The molecule has 2 N–H and O–H groups in total. The van der Waals surface area contributed by atoms with Gasteiger partial charge in [0.05, 0.1) is 17.7 Å². The highest BCUT2D eigenvalue weighted by Crippen LogP contribution is 2.33. The lowest BCUT2D eigenvalue weighted by Crippen LogP contribution is -2.08. The van der Waals surface area contributed by atoms with Gasteiger partial charge in [-0.25, -0.2) is 9.59 Å². The number of hydrogen-bond acceptors (Lipinski definition) is 5. The molecule has 6 heteroatoms. The van der Waals surface area contributed by atoms with Gasteiger partial charge >= 0.3 is 11.9 Å². The van der Waals surface area contributed by atoms with Crippen molar-refractivity contribution in [2.24, 2.45) is 0 Å². The fourth-order valence-corrected chi connectivity index (χ4v) is 4.34. The summed E-state index contributed by atoms with van der Waals surface area (Å²) in [5, 5.41) is 19.6. The molecule has 6 nitrogen and oxygen atoms in total. The molecule has 0 heterocycles. The lowest BCUT2D eigenvalue weighted by Gasteiger charge is -2.10. The zero-order valence-electron chi connectivity index (χ0n) is 22.2. The van der Waals surface area contributed by atoms with Gasteiger partial charge in [-0.2, -0.15) is 0 Å². The van der Waals surface area contributed by atoms with Crippen LogP contribution in [0.5, 0.6) is 17.2 Å². The number of carbonyl (C=O) groups is 2. The molecule has 0 amide bonds. The smallest absolute Gasteiger partial charge is 0.343 e. The molecule has 0 spiro atoms. The van der Waals surface area contributed by atoms with Crippen LogP contribution >= 0.6 is 0 Å². The van der Waals surface area contributed by atoms with Gasteiger partial charge in [-0.15, -0.1) is 0 Å². The van der Waals surface area contributed by atoms with Crippen LogP contribution in [-0.2, 0) is 0 Å². The van der Waals surface area contributed by atoms with Crippen molar-refractivity contribution in [1.29, 1.82) is 0 Å². The first-order valence-corrected chi connectivity index (χ1v) is 13.6. The van der Waals surface area contributed by atoms with E-state index in [1.165, 1.54) is 76.0 Å². The average Bonchev–Trinajstić information content (AvgIpc) is 2.92. The van der Waals surface area contributed by atoms with E-state index in [0.29, 0.717) is 23.5 Å². The van der Waals surface area contributed by atoms with Gasteiger partial charge < -0.3 is 19.7 Å². The van der Waals surface area contributed by atoms with Crippen molar-refractivity contribution in [2.75, 3.05) is 6.61 Å². The van der Waals surface area contributed by atoms with Crippen LogP contribution in [-0.4, -0.2) is 28.8 Å². The Hall–Kier alpha value is -3.80. The Morgan fingerprint density at radius 1 is 0.711 bits per heavy atom. The summed E-state index contributed by atoms with van der Waals surface area (Å²) in [5.41, 5.74) is 0.979. The van der Waals surface area contributed by atoms with Crippen molar-refractivity contribution in [3.8, 4) is 28.4 Å². The third-order valence-corrected chi connectivity index (χ3v) is 6.48. The number of phenols is 1. The summed E-state index contributed by atoms with van der Waals surface area (Å²) in [7, 11) is 0. The van der Waals surface area contributed by atoms with Crippen molar-refractivity contribution in [3.05, 3.63) is 77.9 Å². The van der Waals surface area contributed by atoms with Gasteiger partial charge in [-0.05, 0) is 60.5 Å². The number of carbonyl (C=O) groups excluding carboxylic acids is 1. The van der Waals surface area contributed by atoms with Gasteiger partial charge in [0.1, 0.15) is 17.2 Å². The number of aromatic carboxylic acids is 1. The van der Waals surface area contributed by atoms with Gasteiger partial charge in [-0.3, -0.25) is 0 Å². The second kappa shape index (κ2) is 15.5. The molecule has 3 aromatic rings. The fourth-order valence-electron chi connectivity index (χ4n) is 4.34. The first kappa shape index (κ1) is 28.8. The molecule has 0 saturated carbocycles. The number of aromatic hydroxyl groups is 1. The molecule has 0 bridgehead atoms. The monoisotopic (exact) mass is 518 g/mol. The molecule has 3 aromatic carbocycles. The van der Waals surface area contributed by atoms with Crippen LogP contribution in [0.1, 0.15) is 91.8 Å². The zero-order valence-corrected chi connectivity index (χ0v) is 22.2. The Morgan fingerprint density at radius 2 is 1.29 bits per heavy atom. The summed E-state index contributed by atoms with van der Waals surface area (Å²) >= 11 is 0. The van der Waals surface area contributed by atoms with Crippen LogP contribution in [0.4, 0.5) is 0 Å². The summed E-state index contributed by atoms with van der Waals surface area (Å²) in [4.78, 5) is 24.1. The quantitative estimate of drug-likeness (QED) is 0.113. The predicted octanol–water partition coefficient (Wildman–Crippen LogP) is 8.28. The maximum atomic E-state index is 12.6. The molecule has 202 valence electrons. The van der Waals surface area contributed by atoms with Gasteiger partial charge in [0.2, 0.25) is 0 Å². The molecule has 0 unspecified atom stereocenters. The molecule has 0 aliphatic rings. The number of carboxylic acid groups (broad SMARTS) is 1. The number of esters is 1. The van der Waals surface area contributed by atoms with Gasteiger partial charge in [0, 0.05) is 5.56 Å². The third-order valence-electron chi connectivity index (χ3n) is 6.48. The summed E-state index contributed by atoms with van der Waals surface area (Å²) in [5.74, 6) is -0.682. The molecule has 0 fully saturated rings. The third kappa shape index (κ3) is 8.94. The molecule has 38 heavy (non-hydrogen) atoms. The topological polar surface area (TPSA) is 93.1 Å². The van der Waals surface area contributed by atoms with Gasteiger partial charge in [0.15, 0.2) is 0 Å². The number of carboxylic acids is 1. The molecule has 0 aromatic heterocycles. The van der Waals surface area contributed by atoms with E-state index in [-0.39, 0.29) is 16.9 Å². The first-order valence-electron chi connectivity index (χ1n) is 13.6. The van der Waals surface area contributed by atoms with Crippen molar-refractivity contribution in [3.63, 3.8) is 0 Å². The highest BCUT2D eigenvalue weighted by atomic mass is 16.5. The van der Waals surface area contributed by atoms with Crippen molar-refractivity contribution in [2.45, 2.75) is 71.1 Å². The van der Waals surface area contributed by atoms with E-state index in [1.807, 2.05) is 0 Å². The summed E-state index contributed by atoms with van der Waals surface area (Å²) < 4.78 is 11.3. The van der Waals surface area contributed by atoms with Crippen molar-refractivity contribution < 1.29 is 29.3 Å². The van der Waals surface area contributed by atoms with Crippen LogP contribution in [0.15, 0.2) is 66.7 Å². The highest BCUT2D eigenvalue weighted by Gasteiger charge is 2.16. The predicted molar refractivity (Wildman–Crippen MR) is 149 cm³/mol. The molecule has 0 atom stereocenters. The molecular weight excluding hydrogens is 480 g/mol. The minimum absolute atomic E-state index is 0.0178. The normalized spacial score (nSPS) is 10.8. The average molecular weight is 519 g/mol. The second-order valence-corrected chi connectivity index (χ2v) is 9.47. The lowest BCUT2D eigenvalue weighted by atomic mass is 9.97. The van der Waals surface area contributed by atoms with Gasteiger partial charge in [0.25, 0.3) is 0 Å². The van der Waals surface area contributed by atoms with E-state index in [2.05, 4.69) is 6.92 Å². The number of ether oxygens (including phenoxy) is 2. The van der Waals surface area contributed by atoms with E-state index < -0.39 is 11.9 Å². The minimum Gasteiger partial charge on any atom is -0.507 e. The molecular formula is C32H38O6. The molecule has 0 aliphatic carbocycles. The Labute approximate surface area is 225 Å². The van der Waals surface area contributed by atoms with Gasteiger partial charge in [-0.1, -0.05) is 82.9 Å². The van der Waals surface area contributed by atoms with E-state index >= 15 is 0 Å². The molecule has 0 saturated heterocycles. The first-order chi connectivity index (χ1) is 18.5. The van der Waals surface area contributed by atoms with Crippen LogP contribution < -0.4 is 9.47 Å². The zero-order chi connectivity index (χ0) is 27.2. The van der Waals surface area contributed by atoms with Crippen molar-refractivity contribution >= 4 is 11.9 Å². The number of phenolic OH excluding ortho intramolecular Hbond substituents is 1. The highest BCUT2D eigenvalue weighted by molar-refractivity contribution is 5.98. The Balaban J connectivity index is 1.41. The summed E-state index contributed by atoms with van der Waals surface area (Å²) in [6.07, 6.45) is 12.8. The maximum Gasteiger partial charge on any atom is 0.343 e. The number of benzene rings is 3. The van der Waals surface area contributed by atoms with E-state index in [0.717, 1.165) is 12.2 Å². The largest absolute Gasteiger partial charge is 0.507 e. The minimum atomic E-state index is -1.14. The Bertz CT molecular complexity index is 1150. The Kier molecular flexibility index (Phi) is 11.7. The Morgan fingerprint density at radius 3 is 1.89 bits per heavy atom. The maximum absolute atomic E-state index is 12.6. The standard InChI is InChI=1S/C32H38O6/c1-2-3-4-5-6-7-8-9-10-11-23-37-26-19-21-27(22-20-26)38-32(36)25-17-15-24(16-18-25)30-28(31(34)35)13-12-14-29(30)33/h12-22,33H,2-11,23H2,1H3,(H,34,35). The van der Waals surface area contributed by atoms with E-state index in [9.17, 15) is 19.8 Å². The van der Waals surface area contributed by atoms with E-state index in [1.54, 1.807) is 48.5 Å². The number of hydrogen-bond donors (Lipinski definition) is 2. The van der Waals surface area contributed by atoms with Crippen LogP contribution in [0.2, 0.25) is 0 Å². The molecule has 0 aliphatic heterocycles. The summed E-state index contributed by atoms with van der Waals surface area (Å²) in [6.45, 7) is 2.91. The second-order valence-electron chi connectivity index (χ2n) is 9.47. The van der Waals surface area contributed by atoms with E-state index in [4.69, 9.17) is 9.47 Å². The summed E-state index contributed by atoms with van der Waals surface area (Å²) in [6, 6.07) is 17.5.